The molecule has 104 valence electrons. The average Bonchev–Trinajstić information content (AvgIpc) is 2.68. The van der Waals surface area contributed by atoms with Crippen LogP contribution in [0.1, 0.15) is 21.7 Å². The minimum absolute atomic E-state index is 0.137. The van der Waals surface area contributed by atoms with Gasteiger partial charge in [0, 0.05) is 32.1 Å². The van der Waals surface area contributed by atoms with Crippen molar-refractivity contribution in [2.45, 2.75) is 25.6 Å². The van der Waals surface area contributed by atoms with Crippen LogP contribution in [0.5, 0.6) is 0 Å². The Hall–Kier alpha value is -1.44. The van der Waals surface area contributed by atoms with Crippen LogP contribution >= 0.6 is 0 Å². The van der Waals surface area contributed by atoms with Gasteiger partial charge in [-0.25, -0.2) is 5.06 Å². The Morgan fingerprint density at radius 2 is 2.26 bits per heavy atom. The highest BCUT2D eigenvalue weighted by Crippen LogP contribution is 2.25. The standard InChI is InChI=1S/C12H18N4O3/c1-14-4-3-10-9(6-14)11-12(18)15(2)19-8(7-17)5-16(11)13-10/h8,17H,3-7H2,1-2H3. The number of aliphatic hydroxyl groups excluding tert-OH is 1. The van der Waals surface area contributed by atoms with E-state index in [1.165, 1.54) is 5.06 Å². The highest BCUT2D eigenvalue weighted by atomic mass is 16.7. The molecule has 3 rings (SSSR count). The summed E-state index contributed by atoms with van der Waals surface area (Å²) in [7, 11) is 3.61. The third kappa shape index (κ3) is 2.03. The van der Waals surface area contributed by atoms with Crippen LogP contribution in [-0.4, -0.2) is 64.1 Å². The number of aliphatic hydroxyl groups is 1. The second kappa shape index (κ2) is 4.59. The number of carbonyl (C=O) groups excluding carboxylic acids is 1. The molecule has 0 bridgehead atoms. The molecular formula is C12H18N4O3. The van der Waals surface area contributed by atoms with Crippen molar-refractivity contribution < 1.29 is 14.7 Å². The molecule has 0 fully saturated rings. The number of likely N-dealkylation sites (N-methyl/N-ethyl adjacent to an activating group) is 1. The summed E-state index contributed by atoms with van der Waals surface area (Å²) in [4.78, 5) is 19.9. The Kier molecular flexibility index (Phi) is 3.04. The van der Waals surface area contributed by atoms with E-state index in [1.54, 1.807) is 11.7 Å². The SMILES string of the molecule is CN1CCc2nn3c(c2C1)C(=O)N(C)OC(CO)C3. The Morgan fingerprint density at radius 3 is 3.00 bits per heavy atom. The minimum Gasteiger partial charge on any atom is -0.393 e. The lowest BCUT2D eigenvalue weighted by Gasteiger charge is -2.23. The van der Waals surface area contributed by atoms with Gasteiger partial charge in [-0.2, -0.15) is 5.10 Å². The van der Waals surface area contributed by atoms with Gasteiger partial charge in [0.15, 0.2) is 0 Å². The van der Waals surface area contributed by atoms with Gasteiger partial charge in [0.1, 0.15) is 11.8 Å². The molecule has 0 radical (unpaired) electrons. The van der Waals surface area contributed by atoms with Crippen molar-refractivity contribution in [3.05, 3.63) is 17.0 Å². The third-order valence-electron chi connectivity index (χ3n) is 3.67. The third-order valence-corrected chi connectivity index (χ3v) is 3.67. The van der Waals surface area contributed by atoms with Gasteiger partial charge in [-0.05, 0) is 7.05 Å². The first kappa shape index (κ1) is 12.6. The van der Waals surface area contributed by atoms with Gasteiger partial charge in [-0.1, -0.05) is 0 Å². The first-order valence-corrected chi connectivity index (χ1v) is 6.43. The van der Waals surface area contributed by atoms with E-state index in [0.29, 0.717) is 12.2 Å². The smallest absolute Gasteiger partial charge is 0.295 e. The van der Waals surface area contributed by atoms with Crippen molar-refractivity contribution in [1.29, 1.82) is 0 Å². The monoisotopic (exact) mass is 266 g/mol. The van der Waals surface area contributed by atoms with Gasteiger partial charge in [0.2, 0.25) is 0 Å². The van der Waals surface area contributed by atoms with Crippen molar-refractivity contribution in [3.8, 4) is 0 Å². The number of carbonyl (C=O) groups is 1. The lowest BCUT2D eigenvalue weighted by atomic mass is 10.1. The Bertz CT molecular complexity index is 513. The van der Waals surface area contributed by atoms with E-state index in [0.717, 1.165) is 30.8 Å². The predicted molar refractivity (Wildman–Crippen MR) is 66.3 cm³/mol. The molecule has 2 aliphatic rings. The molecule has 0 spiro atoms. The summed E-state index contributed by atoms with van der Waals surface area (Å²) >= 11 is 0. The van der Waals surface area contributed by atoms with Crippen LogP contribution in [0.4, 0.5) is 0 Å². The fourth-order valence-corrected chi connectivity index (χ4v) is 2.67. The van der Waals surface area contributed by atoms with Crippen LogP contribution in [0.15, 0.2) is 0 Å². The Balaban J connectivity index is 2.06. The molecule has 0 aliphatic carbocycles. The number of aromatic nitrogens is 2. The summed E-state index contributed by atoms with van der Waals surface area (Å²) in [5, 5.41) is 15.0. The number of nitrogens with zero attached hydrogens (tertiary/aromatic N) is 4. The van der Waals surface area contributed by atoms with Gasteiger partial charge < -0.3 is 10.0 Å². The number of amides is 1. The largest absolute Gasteiger partial charge is 0.393 e. The zero-order valence-electron chi connectivity index (χ0n) is 11.2. The minimum atomic E-state index is -0.436. The Morgan fingerprint density at radius 1 is 1.47 bits per heavy atom. The quantitative estimate of drug-likeness (QED) is 0.724. The lowest BCUT2D eigenvalue weighted by Crippen LogP contribution is -2.33. The van der Waals surface area contributed by atoms with Crippen LogP contribution < -0.4 is 0 Å². The fourth-order valence-electron chi connectivity index (χ4n) is 2.67. The van der Waals surface area contributed by atoms with Gasteiger partial charge in [0.05, 0.1) is 18.8 Å². The van der Waals surface area contributed by atoms with Gasteiger partial charge >= 0.3 is 0 Å². The molecule has 1 N–H and O–H groups in total. The summed E-state index contributed by atoms with van der Waals surface area (Å²) in [6, 6.07) is 0. The number of hydroxylamine groups is 2. The van der Waals surface area contributed by atoms with E-state index < -0.39 is 6.10 Å². The molecule has 2 aliphatic heterocycles. The second-order valence-corrected chi connectivity index (χ2v) is 5.16. The molecule has 1 amide bonds. The molecule has 0 aromatic carbocycles. The van der Waals surface area contributed by atoms with Crippen molar-refractivity contribution in [3.63, 3.8) is 0 Å². The fraction of sp³-hybridized carbons (Fsp3) is 0.667. The van der Waals surface area contributed by atoms with Gasteiger partial charge in [-0.3, -0.25) is 14.3 Å². The molecule has 1 atom stereocenters. The van der Waals surface area contributed by atoms with Crippen molar-refractivity contribution in [1.82, 2.24) is 19.7 Å². The van der Waals surface area contributed by atoms with E-state index in [4.69, 9.17) is 4.84 Å². The maximum Gasteiger partial charge on any atom is 0.295 e. The van der Waals surface area contributed by atoms with E-state index in [9.17, 15) is 9.90 Å². The Labute approximate surface area is 111 Å². The van der Waals surface area contributed by atoms with Crippen LogP contribution in [0.2, 0.25) is 0 Å². The van der Waals surface area contributed by atoms with E-state index >= 15 is 0 Å². The molecule has 3 heterocycles. The van der Waals surface area contributed by atoms with Crippen molar-refractivity contribution in [2.75, 3.05) is 27.2 Å². The number of hydrogen-bond acceptors (Lipinski definition) is 5. The molecule has 19 heavy (non-hydrogen) atoms. The van der Waals surface area contributed by atoms with Crippen LogP contribution in [-0.2, 0) is 24.3 Å². The van der Waals surface area contributed by atoms with Crippen LogP contribution in [0, 0.1) is 0 Å². The molecular weight excluding hydrogens is 248 g/mol. The molecule has 1 aromatic heterocycles. The lowest BCUT2D eigenvalue weighted by molar-refractivity contribution is -0.159. The van der Waals surface area contributed by atoms with Crippen LogP contribution in [0.25, 0.3) is 0 Å². The highest BCUT2D eigenvalue weighted by molar-refractivity contribution is 5.93. The normalized spacial score (nSPS) is 24.1. The summed E-state index contributed by atoms with van der Waals surface area (Å²) in [5.41, 5.74) is 2.58. The molecule has 1 aromatic rings. The first-order chi connectivity index (χ1) is 9.10. The van der Waals surface area contributed by atoms with E-state index in [2.05, 4.69) is 10.00 Å². The zero-order valence-corrected chi connectivity index (χ0v) is 11.2. The van der Waals surface area contributed by atoms with Gasteiger partial charge in [-0.15, -0.1) is 0 Å². The average molecular weight is 266 g/mol. The zero-order chi connectivity index (χ0) is 13.6. The van der Waals surface area contributed by atoms with Crippen molar-refractivity contribution in [2.24, 2.45) is 0 Å². The number of hydrogen-bond donors (Lipinski definition) is 1. The maximum atomic E-state index is 12.4. The first-order valence-electron chi connectivity index (χ1n) is 6.43. The molecule has 7 heteroatoms. The summed E-state index contributed by atoms with van der Waals surface area (Å²) < 4.78 is 1.69. The van der Waals surface area contributed by atoms with Crippen LogP contribution in [0.3, 0.4) is 0 Å². The maximum absolute atomic E-state index is 12.4. The van der Waals surface area contributed by atoms with Gasteiger partial charge in [0.25, 0.3) is 5.91 Å². The topological polar surface area (TPSA) is 70.8 Å². The molecule has 1 unspecified atom stereocenters. The number of rotatable bonds is 1. The molecule has 0 saturated carbocycles. The predicted octanol–water partition coefficient (Wildman–Crippen LogP) is -0.751. The van der Waals surface area contributed by atoms with E-state index in [-0.39, 0.29) is 12.5 Å². The highest BCUT2D eigenvalue weighted by Gasteiger charge is 2.33. The molecule has 0 saturated heterocycles. The molecule has 7 nitrogen and oxygen atoms in total. The second-order valence-electron chi connectivity index (χ2n) is 5.16. The summed E-state index contributed by atoms with van der Waals surface area (Å²) in [5.74, 6) is -0.194. The summed E-state index contributed by atoms with van der Waals surface area (Å²) in [6.07, 6.45) is 0.419. The number of fused-ring (bicyclic) bond motifs is 3. The summed E-state index contributed by atoms with van der Waals surface area (Å²) in [6.45, 7) is 1.95. The van der Waals surface area contributed by atoms with E-state index in [1.807, 2.05) is 7.05 Å². The van der Waals surface area contributed by atoms with Crippen molar-refractivity contribution >= 4 is 5.91 Å².